The fourth-order valence-corrected chi connectivity index (χ4v) is 1.88. The van der Waals surface area contributed by atoms with Crippen LogP contribution in [0.2, 0.25) is 5.02 Å². The van der Waals surface area contributed by atoms with Gasteiger partial charge in [-0.2, -0.15) is 0 Å². The summed E-state index contributed by atoms with van der Waals surface area (Å²) in [5, 5.41) is 16.7. The summed E-state index contributed by atoms with van der Waals surface area (Å²) in [6.07, 6.45) is 0.223. The summed E-state index contributed by atoms with van der Waals surface area (Å²) in [6, 6.07) is 4.63. The highest BCUT2D eigenvalue weighted by molar-refractivity contribution is 6.33. The molecule has 110 valence electrons. The summed E-state index contributed by atoms with van der Waals surface area (Å²) in [4.78, 5) is 22.0. The van der Waals surface area contributed by atoms with Gasteiger partial charge in [0.05, 0.1) is 4.92 Å². The van der Waals surface area contributed by atoms with Gasteiger partial charge in [0, 0.05) is 18.5 Å². The molecule has 0 radical (unpaired) electrons. The second-order valence-electron chi connectivity index (χ2n) is 5.37. The van der Waals surface area contributed by atoms with Crippen LogP contribution < -0.4 is 10.6 Å². The quantitative estimate of drug-likeness (QED) is 0.646. The number of rotatable bonds is 5. The van der Waals surface area contributed by atoms with E-state index in [-0.39, 0.29) is 28.6 Å². The maximum absolute atomic E-state index is 11.6. The first-order valence-electron chi connectivity index (χ1n) is 6.18. The van der Waals surface area contributed by atoms with Gasteiger partial charge in [-0.1, -0.05) is 17.7 Å². The van der Waals surface area contributed by atoms with Crippen molar-refractivity contribution < 1.29 is 9.72 Å². The summed E-state index contributed by atoms with van der Waals surface area (Å²) in [5.41, 5.74) is -0.157. The van der Waals surface area contributed by atoms with Gasteiger partial charge in [-0.15, -0.1) is 0 Å². The number of carbonyl (C=O) groups is 1. The largest absolute Gasteiger partial charge is 0.379 e. The Kier molecular flexibility index (Phi) is 5.33. The van der Waals surface area contributed by atoms with Gasteiger partial charge in [-0.05, 0) is 32.9 Å². The lowest BCUT2D eigenvalue weighted by molar-refractivity contribution is -0.383. The van der Waals surface area contributed by atoms with Crippen LogP contribution in [0, 0.1) is 10.1 Å². The zero-order valence-corrected chi connectivity index (χ0v) is 12.5. The van der Waals surface area contributed by atoms with Crippen molar-refractivity contribution in [1.29, 1.82) is 0 Å². The third-order valence-electron chi connectivity index (χ3n) is 2.35. The van der Waals surface area contributed by atoms with E-state index < -0.39 is 4.92 Å². The van der Waals surface area contributed by atoms with Crippen LogP contribution in [0.4, 0.5) is 11.4 Å². The van der Waals surface area contributed by atoms with Gasteiger partial charge in [-0.25, -0.2) is 0 Å². The molecule has 0 heterocycles. The molecule has 1 rings (SSSR count). The van der Waals surface area contributed by atoms with Crippen molar-refractivity contribution in [1.82, 2.24) is 5.32 Å². The molecule has 2 N–H and O–H groups in total. The zero-order chi connectivity index (χ0) is 15.3. The van der Waals surface area contributed by atoms with E-state index in [4.69, 9.17) is 11.6 Å². The van der Waals surface area contributed by atoms with Gasteiger partial charge < -0.3 is 10.6 Å². The first kappa shape index (κ1) is 16.2. The normalized spacial score (nSPS) is 11.0. The van der Waals surface area contributed by atoms with Gasteiger partial charge in [0.25, 0.3) is 0 Å². The monoisotopic (exact) mass is 299 g/mol. The Labute approximate surface area is 122 Å². The van der Waals surface area contributed by atoms with E-state index in [1.54, 1.807) is 12.1 Å². The minimum Gasteiger partial charge on any atom is -0.379 e. The van der Waals surface area contributed by atoms with Crippen molar-refractivity contribution in [2.45, 2.75) is 32.7 Å². The Bertz CT molecular complexity index is 512. The lowest BCUT2D eigenvalue weighted by Gasteiger charge is -2.20. The highest BCUT2D eigenvalue weighted by atomic mass is 35.5. The number of anilines is 1. The van der Waals surface area contributed by atoms with E-state index in [2.05, 4.69) is 10.6 Å². The molecular weight excluding hydrogens is 282 g/mol. The van der Waals surface area contributed by atoms with Crippen LogP contribution in [-0.4, -0.2) is 22.9 Å². The van der Waals surface area contributed by atoms with E-state index in [0.717, 1.165) is 0 Å². The van der Waals surface area contributed by atoms with Crippen LogP contribution in [0.5, 0.6) is 0 Å². The molecule has 6 nitrogen and oxygen atoms in total. The summed E-state index contributed by atoms with van der Waals surface area (Å²) in [5.74, 6) is -0.116. The van der Waals surface area contributed by atoms with Crippen LogP contribution in [-0.2, 0) is 4.79 Å². The Morgan fingerprint density at radius 1 is 1.40 bits per heavy atom. The number of halogens is 1. The number of benzene rings is 1. The molecule has 1 aromatic rings. The summed E-state index contributed by atoms with van der Waals surface area (Å²) < 4.78 is 0. The smallest absolute Gasteiger partial charge is 0.310 e. The third-order valence-corrected chi connectivity index (χ3v) is 2.66. The zero-order valence-electron chi connectivity index (χ0n) is 11.7. The molecule has 1 amide bonds. The highest BCUT2D eigenvalue weighted by Gasteiger charge is 2.18. The standard InChI is InChI=1S/C13H18ClN3O3/c1-13(2,3)16-11(18)7-8-15-10-6-4-5-9(14)12(10)17(19)20/h4-6,15H,7-8H2,1-3H3,(H,16,18). The van der Waals surface area contributed by atoms with E-state index in [9.17, 15) is 14.9 Å². The Morgan fingerprint density at radius 3 is 2.60 bits per heavy atom. The summed E-state index contributed by atoms with van der Waals surface area (Å²) in [7, 11) is 0. The molecule has 7 heteroatoms. The molecule has 0 saturated heterocycles. The fraction of sp³-hybridized carbons (Fsp3) is 0.462. The first-order valence-corrected chi connectivity index (χ1v) is 6.56. The molecule has 0 aliphatic rings. The average molecular weight is 300 g/mol. The summed E-state index contributed by atoms with van der Waals surface area (Å²) >= 11 is 5.79. The minimum atomic E-state index is -0.542. The Morgan fingerprint density at radius 2 is 2.05 bits per heavy atom. The molecule has 0 aliphatic carbocycles. The highest BCUT2D eigenvalue weighted by Crippen LogP contribution is 2.32. The number of nitrogens with zero attached hydrogens (tertiary/aromatic N) is 1. The lowest BCUT2D eigenvalue weighted by atomic mass is 10.1. The molecule has 1 aromatic carbocycles. The van der Waals surface area contributed by atoms with Gasteiger partial charge >= 0.3 is 5.69 Å². The van der Waals surface area contributed by atoms with Crippen LogP contribution in [0.3, 0.4) is 0 Å². The topological polar surface area (TPSA) is 84.3 Å². The van der Waals surface area contributed by atoms with Crippen LogP contribution >= 0.6 is 11.6 Å². The molecule has 20 heavy (non-hydrogen) atoms. The van der Waals surface area contributed by atoms with Crippen LogP contribution in [0.1, 0.15) is 27.2 Å². The number of nitrogens with one attached hydrogen (secondary N) is 2. The van der Waals surface area contributed by atoms with Crippen molar-refractivity contribution in [3.8, 4) is 0 Å². The van der Waals surface area contributed by atoms with Crippen molar-refractivity contribution in [2.75, 3.05) is 11.9 Å². The third kappa shape index (κ3) is 5.05. The van der Waals surface area contributed by atoms with Crippen LogP contribution in [0.15, 0.2) is 18.2 Å². The van der Waals surface area contributed by atoms with Gasteiger partial charge in [0.15, 0.2) is 0 Å². The SMILES string of the molecule is CC(C)(C)NC(=O)CCNc1cccc(Cl)c1[N+](=O)[O-]. The predicted molar refractivity (Wildman–Crippen MR) is 79.1 cm³/mol. The Hall–Kier alpha value is -1.82. The van der Waals surface area contributed by atoms with E-state index >= 15 is 0 Å². The lowest BCUT2D eigenvalue weighted by Crippen LogP contribution is -2.41. The predicted octanol–water partition coefficient (Wildman–Crippen LogP) is 2.96. The van der Waals surface area contributed by atoms with Crippen molar-refractivity contribution >= 4 is 28.9 Å². The Balaban J connectivity index is 2.61. The molecule has 0 aliphatic heterocycles. The number of nitro benzene ring substituents is 1. The molecule has 0 spiro atoms. The molecular formula is C13H18ClN3O3. The van der Waals surface area contributed by atoms with E-state index in [1.807, 2.05) is 20.8 Å². The van der Waals surface area contributed by atoms with Gasteiger partial charge in [0.1, 0.15) is 10.7 Å². The minimum absolute atomic E-state index is 0.0687. The van der Waals surface area contributed by atoms with Gasteiger partial charge in [-0.3, -0.25) is 14.9 Å². The number of hydrogen-bond acceptors (Lipinski definition) is 4. The summed E-state index contributed by atoms with van der Waals surface area (Å²) in [6.45, 7) is 5.96. The number of hydrogen-bond donors (Lipinski definition) is 2. The van der Waals surface area contributed by atoms with Crippen LogP contribution in [0.25, 0.3) is 0 Å². The maximum Gasteiger partial charge on any atom is 0.310 e. The number of carbonyl (C=O) groups excluding carboxylic acids is 1. The number of nitro groups is 1. The molecule has 0 fully saturated rings. The van der Waals surface area contributed by atoms with Crippen molar-refractivity contribution in [3.05, 3.63) is 33.3 Å². The second kappa shape index (κ2) is 6.56. The van der Waals surface area contributed by atoms with Crippen molar-refractivity contribution in [3.63, 3.8) is 0 Å². The molecule has 0 unspecified atom stereocenters. The fourth-order valence-electron chi connectivity index (χ4n) is 1.64. The maximum atomic E-state index is 11.6. The molecule has 0 saturated carbocycles. The van der Waals surface area contributed by atoms with E-state index in [1.165, 1.54) is 6.07 Å². The molecule has 0 aromatic heterocycles. The van der Waals surface area contributed by atoms with Crippen molar-refractivity contribution in [2.24, 2.45) is 0 Å². The van der Waals surface area contributed by atoms with Gasteiger partial charge in [0.2, 0.25) is 5.91 Å². The molecule has 0 atom stereocenters. The number of para-hydroxylation sites is 1. The molecule has 0 bridgehead atoms. The second-order valence-corrected chi connectivity index (χ2v) is 5.78. The van der Waals surface area contributed by atoms with E-state index in [0.29, 0.717) is 12.2 Å². The average Bonchev–Trinajstić information content (AvgIpc) is 2.25. The first-order chi connectivity index (χ1) is 9.20. The number of amides is 1.